The summed E-state index contributed by atoms with van der Waals surface area (Å²) in [4.78, 5) is 41.2. The molecule has 1 aliphatic carbocycles. The lowest BCUT2D eigenvalue weighted by Crippen LogP contribution is -2.48. The van der Waals surface area contributed by atoms with Crippen molar-refractivity contribution in [3.63, 3.8) is 0 Å². The maximum Gasteiger partial charge on any atom is 0.459 e. The molecule has 0 unspecified atom stereocenters. The van der Waals surface area contributed by atoms with E-state index in [0.717, 1.165) is 12.8 Å². The molecule has 3 heterocycles. The fraction of sp³-hybridized carbons (Fsp3) is 0.483. The third kappa shape index (κ3) is 7.61. The number of nitrogen functional groups attached to an aromatic ring is 1. The number of rotatable bonds is 13. The maximum absolute atomic E-state index is 14.2. The van der Waals surface area contributed by atoms with Crippen molar-refractivity contribution < 1.29 is 46.9 Å². The summed E-state index contributed by atoms with van der Waals surface area (Å²) in [5.41, 5.74) is 5.34. The van der Waals surface area contributed by atoms with Crippen LogP contribution in [0.1, 0.15) is 52.3 Å². The van der Waals surface area contributed by atoms with Crippen molar-refractivity contribution in [3.8, 4) is 5.75 Å². The fourth-order valence-electron chi connectivity index (χ4n) is 4.97. The van der Waals surface area contributed by atoms with Crippen molar-refractivity contribution in [2.45, 2.75) is 70.5 Å². The third-order valence-electron chi connectivity index (χ3n) is 7.35. The van der Waals surface area contributed by atoms with Gasteiger partial charge in [0, 0.05) is 13.8 Å². The molecule has 1 aliphatic heterocycles. The highest BCUT2D eigenvalue weighted by molar-refractivity contribution is 7.52. The number of para-hydroxylation sites is 1. The Kier molecular flexibility index (Phi) is 9.44. The van der Waals surface area contributed by atoms with E-state index in [4.69, 9.17) is 33.7 Å². The first-order valence-corrected chi connectivity index (χ1v) is 16.0. The van der Waals surface area contributed by atoms with Crippen molar-refractivity contribution in [2.75, 3.05) is 18.9 Å². The van der Waals surface area contributed by atoms with Crippen LogP contribution in [-0.4, -0.2) is 69.6 Å². The summed E-state index contributed by atoms with van der Waals surface area (Å²) in [6.07, 6.45) is -0.211. The summed E-state index contributed by atoms with van der Waals surface area (Å²) in [6.45, 7) is 5.21. The van der Waals surface area contributed by atoms with E-state index < -0.39 is 62.2 Å². The third-order valence-corrected chi connectivity index (χ3v) is 8.97. The van der Waals surface area contributed by atoms with Crippen LogP contribution in [-0.2, 0) is 42.4 Å². The molecule has 1 saturated heterocycles. The van der Waals surface area contributed by atoms with E-state index >= 15 is 0 Å². The number of fused-ring (bicyclic) bond motifs is 1. The van der Waals surface area contributed by atoms with Crippen LogP contribution in [0.2, 0.25) is 0 Å². The first kappa shape index (κ1) is 32.4. The average Bonchev–Trinajstić information content (AvgIpc) is 3.66. The molecule has 16 heteroatoms. The van der Waals surface area contributed by atoms with Crippen LogP contribution >= 0.6 is 7.75 Å². The zero-order chi connectivity index (χ0) is 32.4. The first-order valence-electron chi connectivity index (χ1n) is 14.4. The van der Waals surface area contributed by atoms with Crippen molar-refractivity contribution in [1.29, 1.82) is 0 Å². The van der Waals surface area contributed by atoms with E-state index in [9.17, 15) is 18.9 Å². The van der Waals surface area contributed by atoms with Gasteiger partial charge in [-0.2, -0.15) is 10.2 Å². The van der Waals surface area contributed by atoms with Crippen molar-refractivity contribution >= 4 is 37.0 Å². The number of esters is 3. The number of nitrogens with zero attached hydrogens (tertiary/aromatic N) is 3. The molecular weight excluding hydrogens is 609 g/mol. The number of carbonyl (C=O) groups excluding carboxylic acids is 3. The number of nitrogens with one attached hydrogen (secondary N) is 1. The lowest BCUT2D eigenvalue weighted by molar-refractivity contribution is -0.169. The number of hydrogen-bond acceptors (Lipinski definition) is 13. The molecule has 0 bridgehead atoms. The van der Waals surface area contributed by atoms with Gasteiger partial charge in [0.25, 0.3) is 0 Å². The van der Waals surface area contributed by atoms with Gasteiger partial charge in [0.05, 0.1) is 18.9 Å². The van der Waals surface area contributed by atoms with Gasteiger partial charge >= 0.3 is 25.7 Å². The Bertz CT molecular complexity index is 1600. The Labute approximate surface area is 259 Å². The van der Waals surface area contributed by atoms with Crippen molar-refractivity contribution in [2.24, 2.45) is 5.92 Å². The highest BCUT2D eigenvalue weighted by Crippen LogP contribution is 2.50. The topological polar surface area (TPSA) is 192 Å². The molecule has 5 rings (SSSR count). The Hall–Kier alpha value is -4.04. The van der Waals surface area contributed by atoms with Gasteiger partial charge in [-0.3, -0.25) is 18.9 Å². The number of ether oxygens (including phenoxy) is 4. The van der Waals surface area contributed by atoms with Crippen LogP contribution < -0.4 is 15.3 Å². The van der Waals surface area contributed by atoms with Gasteiger partial charge in [0.1, 0.15) is 35.3 Å². The summed E-state index contributed by atoms with van der Waals surface area (Å²) in [5.74, 6) is -1.23. The van der Waals surface area contributed by atoms with Gasteiger partial charge in [-0.05, 0) is 56.9 Å². The van der Waals surface area contributed by atoms with Gasteiger partial charge in [-0.15, -0.1) is 0 Å². The molecule has 0 radical (unpaired) electrons. The van der Waals surface area contributed by atoms with Crippen molar-refractivity contribution in [1.82, 2.24) is 19.7 Å². The Morgan fingerprint density at radius 2 is 1.84 bits per heavy atom. The van der Waals surface area contributed by atoms with Crippen molar-refractivity contribution in [3.05, 3.63) is 54.5 Å². The maximum atomic E-state index is 14.2. The minimum absolute atomic E-state index is 0.202. The van der Waals surface area contributed by atoms with Crippen LogP contribution in [0.5, 0.6) is 5.75 Å². The quantitative estimate of drug-likeness (QED) is 0.156. The zero-order valence-corrected chi connectivity index (χ0v) is 26.2. The van der Waals surface area contributed by atoms with Crippen LogP contribution in [0, 0.1) is 5.92 Å². The number of aromatic nitrogens is 3. The molecular formula is C29H36N5O10P. The Morgan fingerprint density at radius 3 is 2.51 bits per heavy atom. The molecule has 3 N–H and O–H groups in total. The Morgan fingerprint density at radius 1 is 1.13 bits per heavy atom. The molecule has 6 atom stereocenters. The van der Waals surface area contributed by atoms with Crippen LogP contribution in [0.3, 0.4) is 0 Å². The smallest absolute Gasteiger partial charge is 0.459 e. The van der Waals surface area contributed by atoms with Gasteiger partial charge in [0.15, 0.2) is 18.0 Å². The van der Waals surface area contributed by atoms with E-state index in [0.29, 0.717) is 17.1 Å². The molecule has 0 spiro atoms. The summed E-state index contributed by atoms with van der Waals surface area (Å²) in [7, 11) is -4.33. The Balaban J connectivity index is 1.44. The second-order valence-corrected chi connectivity index (χ2v) is 12.9. The summed E-state index contributed by atoms with van der Waals surface area (Å²) in [6, 6.07) is 10.5. The van der Waals surface area contributed by atoms with E-state index in [2.05, 4.69) is 15.2 Å². The zero-order valence-electron chi connectivity index (χ0n) is 25.3. The second-order valence-electron chi connectivity index (χ2n) is 11.3. The number of benzene rings is 1. The lowest BCUT2D eigenvalue weighted by Gasteiger charge is -2.32. The molecule has 2 aliphatic rings. The first-order chi connectivity index (χ1) is 21.4. The summed E-state index contributed by atoms with van der Waals surface area (Å²) in [5, 5.41) is 6.90. The minimum atomic E-state index is -4.33. The van der Waals surface area contributed by atoms with E-state index in [-0.39, 0.29) is 18.2 Å². The monoisotopic (exact) mass is 645 g/mol. The average molecular weight is 646 g/mol. The van der Waals surface area contributed by atoms with E-state index in [1.807, 2.05) is 0 Å². The van der Waals surface area contributed by atoms with Gasteiger partial charge in [0.2, 0.25) is 0 Å². The lowest BCUT2D eigenvalue weighted by atomic mass is 9.96. The largest absolute Gasteiger partial charge is 0.464 e. The molecule has 45 heavy (non-hydrogen) atoms. The predicted octanol–water partition coefficient (Wildman–Crippen LogP) is 3.14. The van der Waals surface area contributed by atoms with E-state index in [1.165, 1.54) is 31.6 Å². The number of hydrogen-bond donors (Lipinski definition) is 2. The number of nitrogens with two attached hydrogens (primary N) is 1. The molecule has 15 nitrogen and oxygen atoms in total. The predicted molar refractivity (Wildman–Crippen MR) is 158 cm³/mol. The van der Waals surface area contributed by atoms with Crippen LogP contribution in [0.25, 0.3) is 5.52 Å². The molecule has 0 amide bonds. The van der Waals surface area contributed by atoms with Gasteiger partial charge in [-0.25, -0.2) is 14.1 Å². The molecule has 1 saturated carbocycles. The molecule has 2 aromatic heterocycles. The van der Waals surface area contributed by atoms with Crippen LogP contribution in [0.15, 0.2) is 48.8 Å². The van der Waals surface area contributed by atoms with Crippen LogP contribution in [0.4, 0.5) is 5.82 Å². The summed E-state index contributed by atoms with van der Waals surface area (Å²) >= 11 is 0. The highest BCUT2D eigenvalue weighted by Gasteiger charge is 2.58. The fourth-order valence-corrected chi connectivity index (χ4v) is 6.56. The second kappa shape index (κ2) is 13.1. The standard InChI is InChI=1S/C29H36N5O10P/c1-17(28(37)39-14-20-10-11-20)33-45(38,44-21-8-6-5-7-9-21)40-15-29(4)26(42-19(3)36)25(41-18(2)35)24(43-29)22-12-13-23-27(30)31-16-32-34(22)23/h5-9,12-13,16-17,20,24-26H,10-11,14-15H2,1-4H3,(H,33,38)(H2,30,31,32)/t17-,24-,25-,26-,29+,45+/m0/s1. The highest BCUT2D eigenvalue weighted by atomic mass is 31.2. The normalized spacial score (nSPS) is 24.8. The minimum Gasteiger partial charge on any atom is -0.464 e. The van der Waals surface area contributed by atoms with Gasteiger partial charge < -0.3 is 29.2 Å². The molecule has 242 valence electrons. The number of anilines is 1. The SMILES string of the molecule is CC(=O)O[C@H]1[C@H](c2ccc3c(N)ncnn23)O[C@](C)(CO[P@](=O)(N[C@@H](C)C(=O)OCC2CC2)Oc2ccccc2)[C@H]1OC(C)=O. The summed E-state index contributed by atoms with van der Waals surface area (Å²) < 4.78 is 50.5. The van der Waals surface area contributed by atoms with E-state index in [1.54, 1.807) is 49.4 Å². The number of carbonyl (C=O) groups is 3. The molecule has 3 aromatic rings. The molecule has 2 fully saturated rings. The molecule has 1 aromatic carbocycles. The van der Waals surface area contributed by atoms with Gasteiger partial charge in [-0.1, -0.05) is 18.2 Å².